The van der Waals surface area contributed by atoms with Gasteiger partial charge in [-0.15, -0.1) is 0 Å². The number of ether oxygens (including phenoxy) is 1. The molecule has 1 amide bonds. The molecule has 0 aliphatic carbocycles. The van der Waals surface area contributed by atoms with Crippen molar-refractivity contribution in [1.82, 2.24) is 14.8 Å². The third kappa shape index (κ3) is 5.08. The van der Waals surface area contributed by atoms with Crippen LogP contribution in [0.2, 0.25) is 0 Å². The van der Waals surface area contributed by atoms with Gasteiger partial charge in [0.1, 0.15) is 12.7 Å². The van der Waals surface area contributed by atoms with Crippen LogP contribution in [0.4, 0.5) is 18.9 Å². The molecule has 1 aromatic heterocycles. The zero-order valence-corrected chi connectivity index (χ0v) is 16.7. The van der Waals surface area contributed by atoms with Gasteiger partial charge < -0.3 is 10.1 Å². The number of carbonyl (C=O) groups excluding carboxylic acids is 2. The van der Waals surface area contributed by atoms with Crippen molar-refractivity contribution in [3.63, 3.8) is 0 Å². The number of aromatic nitrogens is 3. The molecule has 0 spiro atoms. The number of esters is 1. The van der Waals surface area contributed by atoms with E-state index >= 15 is 0 Å². The highest BCUT2D eigenvalue weighted by Gasteiger charge is 2.33. The first-order valence-electron chi connectivity index (χ1n) is 9.18. The summed E-state index contributed by atoms with van der Waals surface area (Å²) in [5, 5.41) is 6.23. The molecule has 0 radical (unpaired) electrons. The molecule has 3 aromatic rings. The van der Waals surface area contributed by atoms with Gasteiger partial charge in [0.05, 0.1) is 22.4 Å². The van der Waals surface area contributed by atoms with Crippen molar-refractivity contribution in [2.75, 3.05) is 11.9 Å². The first-order chi connectivity index (χ1) is 14.6. The number of amides is 1. The highest BCUT2D eigenvalue weighted by molar-refractivity contribution is 5.95. The summed E-state index contributed by atoms with van der Waals surface area (Å²) in [5.41, 5.74) is -1.23. The van der Waals surface area contributed by atoms with Crippen molar-refractivity contribution in [3.8, 4) is 5.69 Å². The Hall–Kier alpha value is -3.69. The van der Waals surface area contributed by atoms with E-state index in [1.807, 2.05) is 0 Å². The van der Waals surface area contributed by atoms with Crippen molar-refractivity contribution < 1.29 is 27.5 Å². The second kappa shape index (κ2) is 8.58. The lowest BCUT2D eigenvalue weighted by Gasteiger charge is -2.23. The number of hydrogen-bond donors (Lipinski definition) is 1. The van der Waals surface area contributed by atoms with E-state index < -0.39 is 35.6 Å². The average Bonchev–Trinajstić information content (AvgIpc) is 3.26. The van der Waals surface area contributed by atoms with Crippen LogP contribution in [0.15, 0.2) is 61.2 Å². The predicted octanol–water partition coefficient (Wildman–Crippen LogP) is 3.75. The Balaban J connectivity index is 1.74. The molecule has 0 saturated carbocycles. The van der Waals surface area contributed by atoms with E-state index in [9.17, 15) is 22.8 Å². The van der Waals surface area contributed by atoms with Crippen LogP contribution in [-0.4, -0.2) is 33.2 Å². The zero-order chi connectivity index (χ0) is 22.6. The van der Waals surface area contributed by atoms with Crippen molar-refractivity contribution in [2.45, 2.75) is 25.4 Å². The van der Waals surface area contributed by atoms with Crippen LogP contribution in [-0.2, 0) is 25.9 Å². The maximum atomic E-state index is 13.1. The number of carbonyl (C=O) groups is 2. The predicted molar refractivity (Wildman–Crippen MR) is 105 cm³/mol. The number of benzene rings is 2. The molecule has 0 bridgehead atoms. The van der Waals surface area contributed by atoms with Crippen molar-refractivity contribution in [3.05, 3.63) is 72.3 Å². The molecule has 7 nitrogen and oxygen atoms in total. The maximum absolute atomic E-state index is 13.1. The van der Waals surface area contributed by atoms with Crippen LogP contribution in [0.25, 0.3) is 5.69 Å². The number of hydrogen-bond acceptors (Lipinski definition) is 5. The topological polar surface area (TPSA) is 86.1 Å². The van der Waals surface area contributed by atoms with Crippen LogP contribution < -0.4 is 5.32 Å². The Bertz CT molecular complexity index is 1070. The van der Waals surface area contributed by atoms with Gasteiger partial charge in [-0.3, -0.25) is 9.59 Å². The number of anilines is 1. The molecule has 0 aliphatic heterocycles. The Kier molecular flexibility index (Phi) is 6.09. The lowest BCUT2D eigenvalue weighted by atomic mass is 9.85. The Morgan fingerprint density at radius 1 is 1.06 bits per heavy atom. The normalized spacial score (nSPS) is 11.8. The molecule has 0 saturated heterocycles. The molecular weight excluding hydrogens is 413 g/mol. The monoisotopic (exact) mass is 432 g/mol. The molecule has 0 unspecified atom stereocenters. The molecule has 10 heteroatoms. The summed E-state index contributed by atoms with van der Waals surface area (Å²) in [7, 11) is 0. The first kappa shape index (κ1) is 22.0. The lowest BCUT2D eigenvalue weighted by molar-refractivity contribution is -0.152. The van der Waals surface area contributed by atoms with Gasteiger partial charge in [0.15, 0.2) is 6.61 Å². The van der Waals surface area contributed by atoms with Crippen molar-refractivity contribution >= 4 is 17.6 Å². The van der Waals surface area contributed by atoms with Gasteiger partial charge in [-0.05, 0) is 37.6 Å². The first-order valence-corrected chi connectivity index (χ1v) is 9.18. The molecular formula is C21H19F3N4O3. The van der Waals surface area contributed by atoms with E-state index in [1.165, 1.54) is 17.3 Å². The van der Waals surface area contributed by atoms with Gasteiger partial charge in [0, 0.05) is 0 Å². The summed E-state index contributed by atoms with van der Waals surface area (Å²) in [6, 6.07) is 11.7. The number of halogens is 3. The molecule has 3 rings (SSSR count). The van der Waals surface area contributed by atoms with E-state index in [0.29, 0.717) is 5.56 Å². The lowest BCUT2D eigenvalue weighted by Crippen LogP contribution is -2.33. The molecule has 0 fully saturated rings. The second-order valence-corrected chi connectivity index (χ2v) is 7.19. The highest BCUT2D eigenvalue weighted by Crippen LogP contribution is 2.33. The van der Waals surface area contributed by atoms with Crippen molar-refractivity contribution in [1.29, 1.82) is 0 Å². The standard InChI is InChI=1S/C21H19F3N4O3/c1-20(2,14-6-4-3-5-7-14)19(30)31-11-18(29)27-16-10-15(21(22,23)24)8-9-17(16)28-13-25-12-26-28/h3-10,12-13H,11H2,1-2H3,(H,27,29). The van der Waals surface area contributed by atoms with E-state index in [2.05, 4.69) is 15.4 Å². The van der Waals surface area contributed by atoms with Crippen LogP contribution in [0.1, 0.15) is 25.0 Å². The smallest absolute Gasteiger partial charge is 0.416 e. The average molecular weight is 432 g/mol. The van der Waals surface area contributed by atoms with E-state index in [4.69, 9.17) is 4.74 Å². The van der Waals surface area contributed by atoms with Crippen LogP contribution in [0.3, 0.4) is 0 Å². The molecule has 1 heterocycles. The Morgan fingerprint density at radius 2 is 1.77 bits per heavy atom. The second-order valence-electron chi connectivity index (χ2n) is 7.19. The minimum Gasteiger partial charge on any atom is -0.455 e. The number of alkyl halides is 3. The summed E-state index contributed by atoms with van der Waals surface area (Å²) in [5.74, 6) is -1.44. The minimum atomic E-state index is -4.60. The fourth-order valence-electron chi connectivity index (χ4n) is 2.82. The zero-order valence-electron chi connectivity index (χ0n) is 16.7. The van der Waals surface area contributed by atoms with E-state index in [1.54, 1.807) is 44.2 Å². The van der Waals surface area contributed by atoms with E-state index in [0.717, 1.165) is 18.2 Å². The molecule has 31 heavy (non-hydrogen) atoms. The number of rotatable bonds is 6. The van der Waals surface area contributed by atoms with Crippen LogP contribution in [0, 0.1) is 0 Å². The number of nitrogens with one attached hydrogen (secondary N) is 1. The van der Waals surface area contributed by atoms with Crippen LogP contribution in [0.5, 0.6) is 0 Å². The molecule has 1 N–H and O–H groups in total. The SMILES string of the molecule is CC(C)(C(=O)OCC(=O)Nc1cc(C(F)(F)F)ccc1-n1cncn1)c1ccccc1. The molecule has 2 aromatic carbocycles. The van der Waals surface area contributed by atoms with Gasteiger partial charge in [-0.1, -0.05) is 30.3 Å². The fourth-order valence-corrected chi connectivity index (χ4v) is 2.82. The third-order valence-electron chi connectivity index (χ3n) is 4.60. The summed E-state index contributed by atoms with van der Waals surface area (Å²) >= 11 is 0. The van der Waals surface area contributed by atoms with Crippen molar-refractivity contribution in [2.24, 2.45) is 0 Å². The Labute approximate surface area is 175 Å². The van der Waals surface area contributed by atoms with Gasteiger partial charge in [0.2, 0.25) is 0 Å². The fraction of sp³-hybridized carbons (Fsp3) is 0.238. The summed E-state index contributed by atoms with van der Waals surface area (Å²) in [4.78, 5) is 28.6. The quantitative estimate of drug-likeness (QED) is 0.600. The Morgan fingerprint density at radius 3 is 2.39 bits per heavy atom. The number of nitrogens with zero attached hydrogens (tertiary/aromatic N) is 3. The van der Waals surface area contributed by atoms with E-state index in [-0.39, 0.29) is 11.4 Å². The molecule has 162 valence electrons. The van der Waals surface area contributed by atoms with Gasteiger partial charge >= 0.3 is 12.1 Å². The van der Waals surface area contributed by atoms with Gasteiger partial charge in [0.25, 0.3) is 5.91 Å². The highest BCUT2D eigenvalue weighted by atomic mass is 19.4. The third-order valence-corrected chi connectivity index (χ3v) is 4.60. The summed E-state index contributed by atoms with van der Waals surface area (Å²) in [6.07, 6.45) is -2.12. The minimum absolute atomic E-state index is 0.149. The molecule has 0 atom stereocenters. The van der Waals surface area contributed by atoms with Crippen LogP contribution >= 0.6 is 0 Å². The summed E-state index contributed by atoms with van der Waals surface area (Å²) < 4.78 is 45.7. The maximum Gasteiger partial charge on any atom is 0.416 e. The van der Waals surface area contributed by atoms with Gasteiger partial charge in [-0.25, -0.2) is 9.67 Å². The largest absolute Gasteiger partial charge is 0.455 e. The molecule has 0 aliphatic rings. The summed E-state index contributed by atoms with van der Waals surface area (Å²) in [6.45, 7) is 2.64. The van der Waals surface area contributed by atoms with Gasteiger partial charge in [-0.2, -0.15) is 18.3 Å².